The molecule has 0 unspecified atom stereocenters. The number of amides is 1. The van der Waals surface area contributed by atoms with Crippen LogP contribution < -0.4 is 5.32 Å². The zero-order valence-corrected chi connectivity index (χ0v) is 24.0. The van der Waals surface area contributed by atoms with Crippen molar-refractivity contribution in [3.8, 4) is 0 Å². The fraction of sp³-hybridized carbons (Fsp3) is 0.406. The molecule has 0 radical (unpaired) electrons. The first kappa shape index (κ1) is 28.3. The van der Waals surface area contributed by atoms with Gasteiger partial charge in [0.2, 0.25) is 5.78 Å². The number of hydrogen-bond donors (Lipinski definition) is 1. The summed E-state index contributed by atoms with van der Waals surface area (Å²) >= 11 is 0. The van der Waals surface area contributed by atoms with Gasteiger partial charge in [-0.15, -0.1) is 0 Å². The van der Waals surface area contributed by atoms with Gasteiger partial charge in [-0.2, -0.15) is 0 Å². The van der Waals surface area contributed by atoms with Gasteiger partial charge in [0.05, 0.1) is 12.2 Å². The zero-order chi connectivity index (χ0) is 28.2. The van der Waals surface area contributed by atoms with E-state index >= 15 is 0 Å². The summed E-state index contributed by atoms with van der Waals surface area (Å²) < 4.78 is 7.06. The molecule has 0 saturated heterocycles. The molecule has 39 heavy (non-hydrogen) atoms. The van der Waals surface area contributed by atoms with Gasteiger partial charge in [0.1, 0.15) is 11.5 Å². The molecule has 1 aromatic carbocycles. The van der Waals surface area contributed by atoms with Crippen LogP contribution in [0.3, 0.4) is 0 Å². The van der Waals surface area contributed by atoms with Crippen LogP contribution in [0.4, 0.5) is 0 Å². The van der Waals surface area contributed by atoms with E-state index in [0.29, 0.717) is 29.9 Å². The third-order valence-corrected chi connectivity index (χ3v) is 6.91. The van der Waals surface area contributed by atoms with Crippen LogP contribution in [0.5, 0.6) is 0 Å². The topological polar surface area (TPSA) is 79.8 Å². The zero-order valence-electron chi connectivity index (χ0n) is 24.0. The molecule has 0 aliphatic heterocycles. The molecule has 0 fully saturated rings. The average Bonchev–Trinajstić information content (AvgIpc) is 3.50. The summed E-state index contributed by atoms with van der Waals surface area (Å²) in [6.45, 7) is 14.2. The number of rotatable bonds is 11. The highest BCUT2D eigenvalue weighted by Gasteiger charge is 2.21. The molecule has 1 amide bonds. The predicted octanol–water partition coefficient (Wildman–Crippen LogP) is 6.01. The Morgan fingerprint density at radius 2 is 1.77 bits per heavy atom. The molecule has 4 aromatic rings. The molecule has 7 nitrogen and oxygen atoms in total. The quantitative estimate of drug-likeness (QED) is 0.190. The number of ketones is 1. The molecule has 0 aliphatic rings. The third kappa shape index (κ3) is 6.84. The Labute approximate surface area is 231 Å². The van der Waals surface area contributed by atoms with Crippen LogP contribution in [0, 0.1) is 6.92 Å². The minimum Gasteiger partial charge on any atom is -0.361 e. The lowest BCUT2D eigenvalue weighted by Crippen LogP contribution is -2.36. The summed E-state index contributed by atoms with van der Waals surface area (Å²) in [4.78, 5) is 28.7. The van der Waals surface area contributed by atoms with E-state index in [1.54, 1.807) is 11.0 Å². The number of nitrogens with one attached hydrogen (secondary N) is 1. The van der Waals surface area contributed by atoms with Crippen LogP contribution in [0.1, 0.15) is 90.0 Å². The molecule has 0 aliphatic carbocycles. The molecular formula is C32H40N4O3. The van der Waals surface area contributed by atoms with E-state index < -0.39 is 0 Å². The molecule has 1 N–H and O–H groups in total. The van der Waals surface area contributed by atoms with Gasteiger partial charge in [0.15, 0.2) is 0 Å². The van der Waals surface area contributed by atoms with Crippen molar-refractivity contribution in [2.75, 3.05) is 13.1 Å². The van der Waals surface area contributed by atoms with Gasteiger partial charge in [-0.1, -0.05) is 36.3 Å². The smallest absolute Gasteiger partial charge is 0.254 e. The van der Waals surface area contributed by atoms with Crippen molar-refractivity contribution in [1.29, 1.82) is 0 Å². The lowest BCUT2D eigenvalue weighted by Gasteiger charge is -2.20. The SMILES string of the molecule is CCc1cc2cc(C(=O)N(CC)Cc3cc(C)on3)ccn2c1C(=O)c1ccc(CCCNC(C)(C)C)cc1. The van der Waals surface area contributed by atoms with Crippen LogP contribution in [-0.2, 0) is 19.4 Å². The molecule has 0 bridgehead atoms. The van der Waals surface area contributed by atoms with Crippen molar-refractivity contribution in [1.82, 2.24) is 19.8 Å². The van der Waals surface area contributed by atoms with E-state index in [-0.39, 0.29) is 17.2 Å². The van der Waals surface area contributed by atoms with Crippen LogP contribution in [-0.4, -0.2) is 44.8 Å². The third-order valence-electron chi connectivity index (χ3n) is 6.91. The lowest BCUT2D eigenvalue weighted by molar-refractivity contribution is 0.0749. The normalized spacial score (nSPS) is 11.7. The number of benzene rings is 1. The van der Waals surface area contributed by atoms with Crippen LogP contribution in [0.25, 0.3) is 5.52 Å². The van der Waals surface area contributed by atoms with Crippen molar-refractivity contribution in [3.05, 3.63) is 94.1 Å². The molecule has 206 valence electrons. The summed E-state index contributed by atoms with van der Waals surface area (Å²) in [5.74, 6) is 0.625. The van der Waals surface area contributed by atoms with Gasteiger partial charge in [-0.3, -0.25) is 9.59 Å². The Morgan fingerprint density at radius 1 is 1.03 bits per heavy atom. The largest absolute Gasteiger partial charge is 0.361 e. The second-order valence-corrected chi connectivity index (χ2v) is 11.1. The van der Waals surface area contributed by atoms with Crippen molar-refractivity contribution in [3.63, 3.8) is 0 Å². The van der Waals surface area contributed by atoms with Gasteiger partial charge in [0, 0.05) is 41.0 Å². The maximum Gasteiger partial charge on any atom is 0.254 e. The van der Waals surface area contributed by atoms with E-state index in [1.807, 2.05) is 61.7 Å². The number of nitrogens with zero attached hydrogens (tertiary/aromatic N) is 3. The number of aryl methyl sites for hydroxylation is 3. The number of hydrogen-bond acceptors (Lipinski definition) is 5. The fourth-order valence-electron chi connectivity index (χ4n) is 4.81. The van der Waals surface area contributed by atoms with E-state index in [9.17, 15) is 9.59 Å². The number of aromatic nitrogens is 2. The summed E-state index contributed by atoms with van der Waals surface area (Å²) in [6, 6.07) is 15.5. The fourth-order valence-corrected chi connectivity index (χ4v) is 4.81. The number of carbonyl (C=O) groups excluding carboxylic acids is 2. The van der Waals surface area contributed by atoms with Crippen LogP contribution in [0.2, 0.25) is 0 Å². The maximum absolute atomic E-state index is 13.6. The number of fused-ring (bicyclic) bond motifs is 1. The van der Waals surface area contributed by atoms with Crippen molar-refractivity contribution in [2.45, 2.75) is 72.9 Å². The summed E-state index contributed by atoms with van der Waals surface area (Å²) in [5, 5.41) is 7.54. The standard InChI is InChI=1S/C32H40N4O3/c1-7-24-19-28-20-26(31(38)35(8-2)21-27-18-22(3)39-34-27)15-17-36(28)29(24)30(37)25-13-11-23(12-14-25)10-9-16-33-32(4,5)6/h11-15,17-20,33H,7-10,16,21H2,1-6H3. The minimum absolute atomic E-state index is 0.0107. The van der Waals surface area contributed by atoms with Crippen molar-refractivity contribution < 1.29 is 14.1 Å². The summed E-state index contributed by atoms with van der Waals surface area (Å²) in [6.07, 6.45) is 4.56. The molecular weight excluding hydrogens is 488 g/mol. The van der Waals surface area contributed by atoms with E-state index in [2.05, 4.69) is 43.4 Å². The van der Waals surface area contributed by atoms with Crippen molar-refractivity contribution in [2.24, 2.45) is 0 Å². The highest BCUT2D eigenvalue weighted by atomic mass is 16.5. The number of carbonyl (C=O) groups is 2. The first-order valence-corrected chi connectivity index (χ1v) is 13.8. The molecule has 4 rings (SSSR count). The van der Waals surface area contributed by atoms with E-state index in [4.69, 9.17) is 4.52 Å². The Kier molecular flexibility index (Phi) is 8.70. The van der Waals surface area contributed by atoms with Gasteiger partial charge in [-0.25, -0.2) is 0 Å². The van der Waals surface area contributed by atoms with E-state index in [1.165, 1.54) is 5.56 Å². The van der Waals surface area contributed by atoms with Crippen LogP contribution >= 0.6 is 0 Å². The van der Waals surface area contributed by atoms with Gasteiger partial charge < -0.3 is 19.1 Å². The first-order valence-electron chi connectivity index (χ1n) is 13.8. The highest BCUT2D eigenvalue weighted by Crippen LogP contribution is 2.23. The molecule has 0 atom stereocenters. The molecule has 0 saturated carbocycles. The Hall–Kier alpha value is -3.71. The Morgan fingerprint density at radius 3 is 2.38 bits per heavy atom. The van der Waals surface area contributed by atoms with Gasteiger partial charge in [0.25, 0.3) is 5.91 Å². The van der Waals surface area contributed by atoms with Crippen LogP contribution in [0.15, 0.2) is 59.3 Å². The Bertz CT molecular complexity index is 1440. The highest BCUT2D eigenvalue weighted by molar-refractivity contribution is 6.10. The molecule has 3 heterocycles. The van der Waals surface area contributed by atoms with Gasteiger partial charge >= 0.3 is 0 Å². The number of pyridine rings is 1. The second kappa shape index (κ2) is 12.0. The minimum atomic E-state index is -0.0823. The lowest BCUT2D eigenvalue weighted by atomic mass is 10.0. The average molecular weight is 529 g/mol. The monoisotopic (exact) mass is 528 g/mol. The molecule has 7 heteroatoms. The molecule has 3 aromatic heterocycles. The second-order valence-electron chi connectivity index (χ2n) is 11.1. The summed E-state index contributed by atoms with van der Waals surface area (Å²) in [7, 11) is 0. The van der Waals surface area contributed by atoms with Gasteiger partial charge in [-0.05, 0) is 89.8 Å². The van der Waals surface area contributed by atoms with E-state index in [0.717, 1.165) is 48.3 Å². The molecule has 0 spiro atoms. The first-order chi connectivity index (χ1) is 18.6. The Balaban J connectivity index is 1.52. The maximum atomic E-state index is 13.6. The summed E-state index contributed by atoms with van der Waals surface area (Å²) in [5.41, 5.74) is 5.76. The predicted molar refractivity (Wildman–Crippen MR) is 154 cm³/mol. The van der Waals surface area contributed by atoms with Crippen molar-refractivity contribution >= 4 is 17.2 Å².